The molecule has 0 aromatic heterocycles. The number of nitrogens with two attached hydrogens (primary N) is 1. The number of hydrogen-bond donors (Lipinski definition) is 3. The summed E-state index contributed by atoms with van der Waals surface area (Å²) in [4.78, 5) is 23.7. The van der Waals surface area contributed by atoms with Crippen molar-refractivity contribution in [1.29, 1.82) is 0 Å². The Labute approximate surface area is 125 Å². The molecule has 1 saturated carbocycles. The highest BCUT2D eigenvalue weighted by Gasteiger charge is 2.27. The van der Waals surface area contributed by atoms with Crippen LogP contribution in [0.25, 0.3) is 0 Å². The van der Waals surface area contributed by atoms with Crippen molar-refractivity contribution in [2.24, 2.45) is 11.7 Å². The molecule has 1 aromatic carbocycles. The lowest BCUT2D eigenvalue weighted by molar-refractivity contribution is -0.119. The zero-order valence-electron chi connectivity index (χ0n) is 12.6. The van der Waals surface area contributed by atoms with E-state index < -0.39 is 0 Å². The number of carbonyl (C=O) groups is 2. The minimum atomic E-state index is -0.0436. The van der Waals surface area contributed by atoms with E-state index in [4.69, 9.17) is 5.73 Å². The first-order valence-electron chi connectivity index (χ1n) is 7.46. The minimum absolute atomic E-state index is 0.00621. The molecule has 2 atom stereocenters. The third kappa shape index (κ3) is 4.04. The number of nitrogens with one attached hydrogen (secondary N) is 2. The highest BCUT2D eigenvalue weighted by Crippen LogP contribution is 2.27. The molecule has 5 nitrogen and oxygen atoms in total. The van der Waals surface area contributed by atoms with Gasteiger partial charge in [0, 0.05) is 29.8 Å². The van der Waals surface area contributed by atoms with Crippen LogP contribution in [-0.2, 0) is 9.59 Å². The molecule has 2 unspecified atom stereocenters. The zero-order chi connectivity index (χ0) is 15.4. The number of benzene rings is 1. The van der Waals surface area contributed by atoms with Gasteiger partial charge in [0.1, 0.15) is 0 Å². The quantitative estimate of drug-likeness (QED) is 0.795. The van der Waals surface area contributed by atoms with Crippen molar-refractivity contribution in [3.8, 4) is 0 Å². The normalized spacial score (nSPS) is 21.1. The van der Waals surface area contributed by atoms with Crippen molar-refractivity contribution < 1.29 is 9.59 Å². The molecule has 2 rings (SSSR count). The molecule has 0 radical (unpaired) electrons. The van der Waals surface area contributed by atoms with E-state index in [0.717, 1.165) is 30.5 Å². The third-order valence-corrected chi connectivity index (χ3v) is 3.94. The number of hydrogen-bond acceptors (Lipinski definition) is 3. The van der Waals surface area contributed by atoms with Crippen LogP contribution < -0.4 is 16.4 Å². The van der Waals surface area contributed by atoms with Gasteiger partial charge in [-0.15, -0.1) is 0 Å². The molecular weight excluding hydrogens is 266 g/mol. The molecule has 5 heteroatoms. The second-order valence-corrected chi connectivity index (χ2v) is 5.69. The number of aryl methyl sites for hydroxylation is 1. The fourth-order valence-electron chi connectivity index (χ4n) is 2.57. The van der Waals surface area contributed by atoms with Gasteiger partial charge in [-0.2, -0.15) is 0 Å². The van der Waals surface area contributed by atoms with Gasteiger partial charge in [0.15, 0.2) is 0 Å². The van der Waals surface area contributed by atoms with Crippen molar-refractivity contribution in [2.45, 2.75) is 45.6 Å². The highest BCUT2D eigenvalue weighted by molar-refractivity contribution is 5.95. The predicted octanol–water partition coefficient (Wildman–Crippen LogP) is 2.41. The van der Waals surface area contributed by atoms with Crippen LogP contribution in [0.1, 0.15) is 38.2 Å². The molecule has 2 amide bonds. The number of carbonyl (C=O) groups excluding carboxylic acids is 2. The summed E-state index contributed by atoms with van der Waals surface area (Å²) in [6, 6.07) is 5.66. The Balaban J connectivity index is 2.06. The third-order valence-electron chi connectivity index (χ3n) is 3.94. The lowest BCUT2D eigenvalue weighted by Crippen LogP contribution is -2.23. The van der Waals surface area contributed by atoms with Crippen LogP contribution in [0.2, 0.25) is 0 Å². The van der Waals surface area contributed by atoms with Crippen LogP contribution in [0.15, 0.2) is 18.2 Å². The summed E-state index contributed by atoms with van der Waals surface area (Å²) >= 11 is 0. The minimum Gasteiger partial charge on any atom is -0.328 e. The SMILES string of the molecule is CCC(=O)Nc1ccc(C)c(NC(=O)C2CCC(N)C2)c1. The van der Waals surface area contributed by atoms with E-state index in [1.54, 1.807) is 13.0 Å². The predicted molar refractivity (Wildman–Crippen MR) is 84.0 cm³/mol. The average Bonchev–Trinajstić information content (AvgIpc) is 2.89. The van der Waals surface area contributed by atoms with Gasteiger partial charge >= 0.3 is 0 Å². The molecule has 0 bridgehead atoms. The summed E-state index contributed by atoms with van der Waals surface area (Å²) in [6.45, 7) is 3.73. The molecule has 4 N–H and O–H groups in total. The van der Waals surface area contributed by atoms with E-state index in [1.165, 1.54) is 0 Å². The molecule has 114 valence electrons. The van der Waals surface area contributed by atoms with Crippen molar-refractivity contribution in [1.82, 2.24) is 0 Å². The molecule has 0 aliphatic heterocycles. The first-order valence-corrected chi connectivity index (χ1v) is 7.46. The van der Waals surface area contributed by atoms with Gasteiger partial charge in [0.2, 0.25) is 11.8 Å². The fourth-order valence-corrected chi connectivity index (χ4v) is 2.57. The van der Waals surface area contributed by atoms with E-state index in [9.17, 15) is 9.59 Å². The topological polar surface area (TPSA) is 84.2 Å². The monoisotopic (exact) mass is 289 g/mol. The van der Waals surface area contributed by atoms with Gasteiger partial charge in [-0.1, -0.05) is 13.0 Å². The highest BCUT2D eigenvalue weighted by atomic mass is 16.2. The van der Waals surface area contributed by atoms with E-state index in [0.29, 0.717) is 12.1 Å². The lowest BCUT2D eigenvalue weighted by atomic mass is 10.1. The van der Waals surface area contributed by atoms with Crippen LogP contribution >= 0.6 is 0 Å². The summed E-state index contributed by atoms with van der Waals surface area (Å²) in [5.74, 6) is -0.0313. The van der Waals surface area contributed by atoms with Gasteiger partial charge in [-0.05, 0) is 43.9 Å². The Kier molecular flexibility index (Phi) is 4.96. The maximum Gasteiger partial charge on any atom is 0.227 e. The molecule has 1 aliphatic rings. The Hall–Kier alpha value is -1.88. The first kappa shape index (κ1) is 15.5. The maximum atomic E-state index is 12.2. The van der Waals surface area contributed by atoms with E-state index in [-0.39, 0.29) is 23.8 Å². The zero-order valence-corrected chi connectivity index (χ0v) is 12.6. The van der Waals surface area contributed by atoms with Gasteiger partial charge in [0.25, 0.3) is 0 Å². The lowest BCUT2D eigenvalue weighted by Gasteiger charge is -2.14. The van der Waals surface area contributed by atoms with Crippen molar-refractivity contribution in [3.05, 3.63) is 23.8 Å². The van der Waals surface area contributed by atoms with Gasteiger partial charge in [0.05, 0.1) is 0 Å². The second kappa shape index (κ2) is 6.72. The molecule has 0 heterocycles. The largest absolute Gasteiger partial charge is 0.328 e. The number of rotatable bonds is 4. The summed E-state index contributed by atoms with van der Waals surface area (Å²) in [6.07, 6.45) is 2.93. The Morgan fingerprint density at radius 1 is 1.29 bits per heavy atom. The summed E-state index contributed by atoms with van der Waals surface area (Å²) in [7, 11) is 0. The maximum absolute atomic E-state index is 12.2. The molecule has 21 heavy (non-hydrogen) atoms. The smallest absolute Gasteiger partial charge is 0.227 e. The first-order chi connectivity index (χ1) is 9.99. The van der Waals surface area contributed by atoms with Crippen LogP contribution in [0.4, 0.5) is 11.4 Å². The molecule has 1 aromatic rings. The van der Waals surface area contributed by atoms with Crippen molar-refractivity contribution in [2.75, 3.05) is 10.6 Å². The molecule has 1 fully saturated rings. The Morgan fingerprint density at radius 2 is 2.05 bits per heavy atom. The van der Waals surface area contributed by atoms with Gasteiger partial charge < -0.3 is 16.4 Å². The van der Waals surface area contributed by atoms with Crippen molar-refractivity contribution in [3.63, 3.8) is 0 Å². The second-order valence-electron chi connectivity index (χ2n) is 5.69. The van der Waals surface area contributed by atoms with Crippen LogP contribution in [-0.4, -0.2) is 17.9 Å². The summed E-state index contributed by atoms with van der Waals surface area (Å²) in [5, 5.41) is 5.76. The van der Waals surface area contributed by atoms with E-state index in [1.807, 2.05) is 19.1 Å². The van der Waals surface area contributed by atoms with Gasteiger partial charge in [-0.3, -0.25) is 9.59 Å². The summed E-state index contributed by atoms with van der Waals surface area (Å²) in [5.41, 5.74) is 8.27. The molecule has 0 saturated heterocycles. The molecular formula is C16H23N3O2. The number of amides is 2. The van der Waals surface area contributed by atoms with Crippen LogP contribution in [0.5, 0.6) is 0 Å². The Morgan fingerprint density at radius 3 is 2.67 bits per heavy atom. The standard InChI is InChI=1S/C16H23N3O2/c1-3-15(20)18-13-7-4-10(2)14(9-13)19-16(21)11-5-6-12(17)8-11/h4,7,9,11-12H,3,5-6,8,17H2,1-2H3,(H,18,20)(H,19,21). The van der Waals surface area contributed by atoms with E-state index in [2.05, 4.69) is 10.6 Å². The van der Waals surface area contributed by atoms with Gasteiger partial charge in [-0.25, -0.2) is 0 Å². The van der Waals surface area contributed by atoms with E-state index >= 15 is 0 Å². The molecule has 1 aliphatic carbocycles. The summed E-state index contributed by atoms with van der Waals surface area (Å²) < 4.78 is 0. The van der Waals surface area contributed by atoms with Crippen LogP contribution in [0, 0.1) is 12.8 Å². The molecule has 0 spiro atoms. The average molecular weight is 289 g/mol. The fraction of sp³-hybridized carbons (Fsp3) is 0.500. The van der Waals surface area contributed by atoms with Crippen molar-refractivity contribution >= 4 is 23.2 Å². The Bertz CT molecular complexity index is 542. The number of anilines is 2. The van der Waals surface area contributed by atoms with Crippen LogP contribution in [0.3, 0.4) is 0 Å².